The smallest absolute Gasteiger partial charge is 0.133 e. The maximum Gasteiger partial charge on any atom is 0.133 e. The van der Waals surface area contributed by atoms with Gasteiger partial charge in [0.1, 0.15) is 5.01 Å². The zero-order chi connectivity index (χ0) is 10.3. The third kappa shape index (κ3) is 1.62. The minimum Gasteiger partial charge on any atom is -0.309 e. The van der Waals surface area contributed by atoms with Gasteiger partial charge in [0.25, 0.3) is 0 Å². The lowest BCUT2D eigenvalue weighted by atomic mass is 10.1. The van der Waals surface area contributed by atoms with Gasteiger partial charge in [-0.15, -0.1) is 22.7 Å². The molecule has 0 aromatic carbocycles. The first-order valence-corrected chi connectivity index (χ1v) is 6.81. The molecule has 2 aromatic rings. The summed E-state index contributed by atoms with van der Waals surface area (Å²) < 4.78 is 0. The number of aromatic nitrogens is 1. The fourth-order valence-corrected chi connectivity index (χ4v) is 3.82. The maximum atomic E-state index is 4.73. The van der Waals surface area contributed by atoms with Crippen molar-refractivity contribution in [1.29, 1.82) is 0 Å². The van der Waals surface area contributed by atoms with E-state index in [1.54, 1.807) is 11.3 Å². The molecule has 0 aliphatic carbocycles. The molecule has 0 fully saturated rings. The number of rotatable bonds is 1. The zero-order valence-electron chi connectivity index (χ0n) is 8.49. The molecule has 0 saturated heterocycles. The average molecular weight is 236 g/mol. The SMILES string of the molecule is CC1NCCc2nc(-c3cccs3)sc21. The summed E-state index contributed by atoms with van der Waals surface area (Å²) in [6, 6.07) is 4.70. The molecule has 15 heavy (non-hydrogen) atoms. The fraction of sp³-hybridized carbons (Fsp3) is 0.364. The van der Waals surface area contributed by atoms with Crippen LogP contribution in [0, 0.1) is 0 Å². The van der Waals surface area contributed by atoms with Crippen LogP contribution in [0.15, 0.2) is 17.5 Å². The lowest BCUT2D eigenvalue weighted by Crippen LogP contribution is -2.26. The third-order valence-electron chi connectivity index (χ3n) is 2.67. The summed E-state index contributed by atoms with van der Waals surface area (Å²) in [7, 11) is 0. The van der Waals surface area contributed by atoms with Crippen molar-refractivity contribution in [2.24, 2.45) is 0 Å². The molecule has 1 N–H and O–H groups in total. The summed E-state index contributed by atoms with van der Waals surface area (Å²) in [5.41, 5.74) is 1.30. The number of hydrogen-bond donors (Lipinski definition) is 1. The van der Waals surface area contributed by atoms with Gasteiger partial charge in [0, 0.05) is 23.9 Å². The highest BCUT2D eigenvalue weighted by molar-refractivity contribution is 7.21. The van der Waals surface area contributed by atoms with Crippen molar-refractivity contribution in [3.8, 4) is 9.88 Å². The van der Waals surface area contributed by atoms with E-state index in [1.165, 1.54) is 20.5 Å². The van der Waals surface area contributed by atoms with Gasteiger partial charge in [-0.05, 0) is 18.4 Å². The van der Waals surface area contributed by atoms with Crippen LogP contribution in [0.3, 0.4) is 0 Å². The lowest BCUT2D eigenvalue weighted by Gasteiger charge is -2.18. The van der Waals surface area contributed by atoms with Crippen LogP contribution in [-0.4, -0.2) is 11.5 Å². The van der Waals surface area contributed by atoms with E-state index in [1.807, 2.05) is 11.3 Å². The summed E-state index contributed by atoms with van der Waals surface area (Å²) in [6.07, 6.45) is 1.07. The molecule has 0 bridgehead atoms. The zero-order valence-corrected chi connectivity index (χ0v) is 10.1. The van der Waals surface area contributed by atoms with Crippen molar-refractivity contribution < 1.29 is 0 Å². The molecule has 1 aliphatic heterocycles. The van der Waals surface area contributed by atoms with Gasteiger partial charge in [0.2, 0.25) is 0 Å². The minimum absolute atomic E-state index is 0.472. The van der Waals surface area contributed by atoms with Crippen LogP contribution >= 0.6 is 22.7 Å². The molecule has 3 rings (SSSR count). The number of thiophene rings is 1. The first-order valence-electron chi connectivity index (χ1n) is 5.11. The van der Waals surface area contributed by atoms with Crippen molar-refractivity contribution in [1.82, 2.24) is 10.3 Å². The summed E-state index contributed by atoms with van der Waals surface area (Å²) in [6.45, 7) is 3.27. The topological polar surface area (TPSA) is 24.9 Å². The molecule has 1 unspecified atom stereocenters. The van der Waals surface area contributed by atoms with E-state index in [4.69, 9.17) is 4.98 Å². The first-order chi connectivity index (χ1) is 7.34. The average Bonchev–Trinajstić information content (AvgIpc) is 2.86. The molecule has 1 atom stereocenters. The quantitative estimate of drug-likeness (QED) is 0.823. The van der Waals surface area contributed by atoms with Crippen LogP contribution in [0.5, 0.6) is 0 Å². The van der Waals surface area contributed by atoms with Gasteiger partial charge in [0.15, 0.2) is 0 Å². The molecule has 4 heteroatoms. The van der Waals surface area contributed by atoms with Crippen molar-refractivity contribution in [3.63, 3.8) is 0 Å². The monoisotopic (exact) mass is 236 g/mol. The van der Waals surface area contributed by atoms with E-state index in [9.17, 15) is 0 Å². The van der Waals surface area contributed by atoms with E-state index in [2.05, 4.69) is 29.8 Å². The Labute approximate surface area is 97.0 Å². The Balaban J connectivity index is 2.06. The molecule has 3 heterocycles. The Bertz CT molecular complexity index is 459. The second-order valence-electron chi connectivity index (χ2n) is 3.73. The summed E-state index contributed by atoms with van der Waals surface area (Å²) >= 11 is 3.61. The van der Waals surface area contributed by atoms with Crippen LogP contribution in [0.1, 0.15) is 23.5 Å². The Morgan fingerprint density at radius 2 is 2.47 bits per heavy atom. The third-order valence-corrected chi connectivity index (χ3v) is 4.98. The normalized spacial score (nSPS) is 20.2. The van der Waals surface area contributed by atoms with E-state index in [-0.39, 0.29) is 0 Å². The predicted octanol–water partition coefficient (Wildman–Crippen LogP) is 3.08. The molecular formula is C11H12N2S2. The Kier molecular flexibility index (Phi) is 2.35. The summed E-state index contributed by atoms with van der Waals surface area (Å²) in [5, 5.41) is 6.76. The maximum absolute atomic E-state index is 4.73. The minimum atomic E-state index is 0.472. The van der Waals surface area contributed by atoms with Crippen molar-refractivity contribution in [2.45, 2.75) is 19.4 Å². The predicted molar refractivity (Wildman–Crippen MR) is 65.5 cm³/mol. The highest BCUT2D eigenvalue weighted by atomic mass is 32.1. The highest BCUT2D eigenvalue weighted by Crippen LogP contribution is 2.35. The number of hydrogen-bond acceptors (Lipinski definition) is 4. The number of nitrogens with one attached hydrogen (secondary N) is 1. The largest absolute Gasteiger partial charge is 0.309 e. The van der Waals surface area contributed by atoms with Gasteiger partial charge >= 0.3 is 0 Å². The van der Waals surface area contributed by atoms with Gasteiger partial charge in [-0.1, -0.05) is 6.07 Å². The highest BCUT2D eigenvalue weighted by Gasteiger charge is 2.21. The van der Waals surface area contributed by atoms with Crippen LogP contribution < -0.4 is 5.32 Å². The molecule has 1 aliphatic rings. The summed E-state index contributed by atoms with van der Waals surface area (Å²) in [4.78, 5) is 7.45. The van der Waals surface area contributed by atoms with Crippen LogP contribution in [0.4, 0.5) is 0 Å². The molecule has 2 aromatic heterocycles. The van der Waals surface area contributed by atoms with Gasteiger partial charge in [-0.25, -0.2) is 4.98 Å². The number of thiazole rings is 1. The van der Waals surface area contributed by atoms with Gasteiger partial charge in [-0.3, -0.25) is 0 Å². The van der Waals surface area contributed by atoms with Gasteiger partial charge < -0.3 is 5.32 Å². The van der Waals surface area contributed by atoms with E-state index in [0.29, 0.717) is 6.04 Å². The standard InChI is InChI=1S/C11H12N2S2/c1-7-10-8(4-5-12-7)13-11(15-10)9-3-2-6-14-9/h2-3,6-7,12H,4-5H2,1H3. The molecule has 2 nitrogen and oxygen atoms in total. The van der Waals surface area contributed by atoms with Crippen LogP contribution in [0.25, 0.3) is 9.88 Å². The Hall–Kier alpha value is -0.710. The summed E-state index contributed by atoms with van der Waals surface area (Å²) in [5.74, 6) is 0. The van der Waals surface area contributed by atoms with Crippen molar-refractivity contribution in [2.75, 3.05) is 6.54 Å². The van der Waals surface area contributed by atoms with Crippen LogP contribution in [0.2, 0.25) is 0 Å². The van der Waals surface area contributed by atoms with E-state index >= 15 is 0 Å². The first kappa shape index (κ1) is 9.51. The second-order valence-corrected chi connectivity index (χ2v) is 5.71. The van der Waals surface area contributed by atoms with Gasteiger partial charge in [0.05, 0.1) is 10.6 Å². The van der Waals surface area contributed by atoms with Crippen molar-refractivity contribution in [3.05, 3.63) is 28.1 Å². The molecule has 0 spiro atoms. The fourth-order valence-electron chi connectivity index (χ4n) is 1.89. The Morgan fingerprint density at radius 3 is 3.20 bits per heavy atom. The number of nitrogens with zero attached hydrogens (tertiary/aromatic N) is 1. The lowest BCUT2D eigenvalue weighted by molar-refractivity contribution is 0.545. The molecule has 78 valence electrons. The number of fused-ring (bicyclic) bond motifs is 1. The second kappa shape index (κ2) is 3.70. The van der Waals surface area contributed by atoms with Crippen LogP contribution in [-0.2, 0) is 6.42 Å². The van der Waals surface area contributed by atoms with Gasteiger partial charge in [-0.2, -0.15) is 0 Å². The van der Waals surface area contributed by atoms with E-state index in [0.717, 1.165) is 13.0 Å². The molecule has 0 radical (unpaired) electrons. The molecule has 0 amide bonds. The molecule has 0 saturated carbocycles. The van der Waals surface area contributed by atoms with E-state index < -0.39 is 0 Å². The molecular weight excluding hydrogens is 224 g/mol. The Morgan fingerprint density at radius 1 is 1.53 bits per heavy atom. The van der Waals surface area contributed by atoms with Crippen molar-refractivity contribution >= 4 is 22.7 Å².